The Hall–Kier alpha value is -2.49. The van der Waals surface area contributed by atoms with Gasteiger partial charge in [0.2, 0.25) is 5.89 Å². The molecule has 1 atom stereocenters. The van der Waals surface area contributed by atoms with Crippen molar-refractivity contribution in [3.05, 3.63) is 71.0 Å². The van der Waals surface area contributed by atoms with Crippen molar-refractivity contribution in [2.75, 3.05) is 0 Å². The van der Waals surface area contributed by atoms with Crippen LogP contribution in [0.1, 0.15) is 41.3 Å². The predicted octanol–water partition coefficient (Wildman–Crippen LogP) is 4.85. The molecule has 2 aromatic heterocycles. The molecule has 122 valence electrons. The van der Waals surface area contributed by atoms with Crippen LogP contribution in [0.2, 0.25) is 0 Å². The maximum absolute atomic E-state index is 13.0. The van der Waals surface area contributed by atoms with Crippen molar-refractivity contribution in [1.29, 1.82) is 0 Å². The summed E-state index contributed by atoms with van der Waals surface area (Å²) in [7, 11) is 0. The summed E-state index contributed by atoms with van der Waals surface area (Å²) in [5.41, 5.74) is 4.24. The Morgan fingerprint density at radius 3 is 2.92 bits per heavy atom. The molecule has 4 heteroatoms. The number of hydrogen-bond acceptors (Lipinski definition) is 3. The molecular weight excluding hydrogens is 303 g/mol. The number of nitrogens with zero attached hydrogens (tertiary/aromatic N) is 2. The van der Waals surface area contributed by atoms with Crippen LogP contribution in [0.5, 0.6) is 0 Å². The summed E-state index contributed by atoms with van der Waals surface area (Å²) in [6.07, 6.45) is 5.20. The van der Waals surface area contributed by atoms with Crippen molar-refractivity contribution in [3.63, 3.8) is 0 Å². The molecule has 0 amide bonds. The second kappa shape index (κ2) is 6.19. The van der Waals surface area contributed by atoms with Gasteiger partial charge in [0.1, 0.15) is 17.3 Å². The first-order valence-corrected chi connectivity index (χ1v) is 8.36. The Balaban J connectivity index is 1.64. The number of aryl methyl sites for hydroxylation is 2. The van der Waals surface area contributed by atoms with Crippen molar-refractivity contribution in [3.8, 4) is 11.6 Å². The molecule has 1 aliphatic rings. The van der Waals surface area contributed by atoms with Gasteiger partial charge in [-0.15, -0.1) is 0 Å². The van der Waals surface area contributed by atoms with Gasteiger partial charge in [0, 0.05) is 6.42 Å². The minimum Gasteiger partial charge on any atom is -0.440 e. The van der Waals surface area contributed by atoms with Crippen LogP contribution in [0.15, 0.2) is 47.0 Å². The number of hydrogen-bond donors (Lipinski definition) is 0. The van der Waals surface area contributed by atoms with Crippen molar-refractivity contribution in [2.45, 2.75) is 38.5 Å². The zero-order valence-electron chi connectivity index (χ0n) is 13.6. The molecule has 0 radical (unpaired) electrons. The first-order valence-electron chi connectivity index (χ1n) is 8.36. The van der Waals surface area contributed by atoms with Gasteiger partial charge in [-0.3, -0.25) is 0 Å². The molecular formula is C20H19FN2O. The van der Waals surface area contributed by atoms with E-state index in [1.165, 1.54) is 23.4 Å². The van der Waals surface area contributed by atoms with Crippen LogP contribution in [0.3, 0.4) is 0 Å². The lowest BCUT2D eigenvalue weighted by atomic mass is 9.91. The highest BCUT2D eigenvalue weighted by molar-refractivity contribution is 5.47. The van der Waals surface area contributed by atoms with Gasteiger partial charge < -0.3 is 4.42 Å². The molecule has 0 spiro atoms. The highest BCUT2D eigenvalue weighted by Gasteiger charge is 2.24. The maximum Gasteiger partial charge on any atom is 0.245 e. The quantitative estimate of drug-likeness (QED) is 0.633. The Labute approximate surface area is 140 Å². The number of fused-ring (bicyclic) bond motifs is 1. The molecule has 0 saturated heterocycles. The zero-order chi connectivity index (χ0) is 16.5. The van der Waals surface area contributed by atoms with Crippen LogP contribution in [-0.2, 0) is 12.8 Å². The van der Waals surface area contributed by atoms with Gasteiger partial charge >= 0.3 is 0 Å². The Morgan fingerprint density at radius 2 is 2.12 bits per heavy atom. The normalized spacial score (nSPS) is 17.3. The van der Waals surface area contributed by atoms with Gasteiger partial charge in [0.15, 0.2) is 0 Å². The Morgan fingerprint density at radius 1 is 1.21 bits per heavy atom. The number of oxazole rings is 1. The molecule has 0 fully saturated rings. The minimum atomic E-state index is -0.355. The molecule has 0 saturated carbocycles. The fourth-order valence-electron chi connectivity index (χ4n) is 3.40. The number of aromatic nitrogens is 2. The molecule has 24 heavy (non-hydrogen) atoms. The Bertz CT molecular complexity index is 854. The van der Waals surface area contributed by atoms with E-state index in [2.05, 4.69) is 41.2 Å². The van der Waals surface area contributed by atoms with Gasteiger partial charge in [0.25, 0.3) is 0 Å². The zero-order valence-corrected chi connectivity index (χ0v) is 13.6. The topological polar surface area (TPSA) is 38.9 Å². The summed E-state index contributed by atoms with van der Waals surface area (Å²) in [6.45, 7) is 2.12. The summed E-state index contributed by atoms with van der Waals surface area (Å²) in [5.74, 6) is 1.53. The number of rotatable bonds is 2. The second-order valence-corrected chi connectivity index (χ2v) is 6.46. The third-order valence-corrected chi connectivity index (χ3v) is 4.64. The number of halogens is 1. The van der Waals surface area contributed by atoms with E-state index in [0.717, 1.165) is 37.1 Å². The van der Waals surface area contributed by atoms with Crippen LogP contribution in [0, 0.1) is 12.7 Å². The van der Waals surface area contributed by atoms with E-state index in [-0.39, 0.29) is 5.82 Å². The van der Waals surface area contributed by atoms with Gasteiger partial charge in [-0.2, -0.15) is 0 Å². The van der Waals surface area contributed by atoms with Crippen LogP contribution in [-0.4, -0.2) is 9.97 Å². The summed E-state index contributed by atoms with van der Waals surface area (Å²) >= 11 is 0. The number of pyridine rings is 1. The first-order chi connectivity index (χ1) is 11.7. The molecule has 0 N–H and O–H groups in total. The molecule has 3 aromatic rings. The Kier molecular flexibility index (Phi) is 3.89. The lowest BCUT2D eigenvalue weighted by Crippen LogP contribution is -2.01. The molecule has 3 nitrogen and oxygen atoms in total. The van der Waals surface area contributed by atoms with Crippen molar-refractivity contribution in [2.24, 2.45) is 0 Å². The van der Waals surface area contributed by atoms with Gasteiger partial charge in [-0.05, 0) is 49.8 Å². The highest BCUT2D eigenvalue weighted by Crippen LogP contribution is 2.33. The summed E-state index contributed by atoms with van der Waals surface area (Å²) in [6, 6.07) is 11.7. The fourth-order valence-corrected chi connectivity index (χ4v) is 3.40. The third-order valence-electron chi connectivity index (χ3n) is 4.64. The lowest BCUT2D eigenvalue weighted by Gasteiger charge is -2.14. The maximum atomic E-state index is 13.0. The summed E-state index contributed by atoms with van der Waals surface area (Å²) in [5, 5.41) is 0. The molecule has 1 aromatic carbocycles. The van der Waals surface area contributed by atoms with Gasteiger partial charge in [-0.25, -0.2) is 14.4 Å². The predicted molar refractivity (Wildman–Crippen MR) is 90.3 cm³/mol. The largest absolute Gasteiger partial charge is 0.440 e. The molecule has 4 rings (SSSR count). The molecule has 2 heterocycles. The highest BCUT2D eigenvalue weighted by atomic mass is 19.1. The van der Waals surface area contributed by atoms with Crippen molar-refractivity contribution in [1.82, 2.24) is 9.97 Å². The van der Waals surface area contributed by atoms with Gasteiger partial charge in [0.05, 0.1) is 11.9 Å². The van der Waals surface area contributed by atoms with Crippen molar-refractivity contribution >= 4 is 0 Å². The molecule has 0 bridgehead atoms. The second-order valence-electron chi connectivity index (χ2n) is 6.46. The molecule has 1 aliphatic carbocycles. The number of benzene rings is 1. The SMILES string of the molecule is Cc1cccc(C2CCCc3nc(-c4ccc(F)cn4)oc3C2)c1. The van der Waals surface area contributed by atoms with Crippen molar-refractivity contribution < 1.29 is 8.81 Å². The van der Waals surface area contributed by atoms with E-state index in [9.17, 15) is 4.39 Å². The standard InChI is InChI=1S/C20H19FN2O/c1-13-4-2-5-14(10-13)15-6-3-7-17-19(11-15)24-20(23-17)18-9-8-16(21)12-22-18/h2,4-5,8-10,12,15H,3,6-7,11H2,1H3. The smallest absolute Gasteiger partial charge is 0.245 e. The molecule has 0 aliphatic heterocycles. The summed E-state index contributed by atoms with van der Waals surface area (Å²) in [4.78, 5) is 8.68. The van der Waals surface area contributed by atoms with Gasteiger partial charge in [-0.1, -0.05) is 29.8 Å². The van der Waals surface area contributed by atoms with Crippen LogP contribution in [0.25, 0.3) is 11.6 Å². The van der Waals surface area contributed by atoms with E-state index in [1.807, 2.05) is 0 Å². The first kappa shape index (κ1) is 15.1. The van der Waals surface area contributed by atoms with Crippen LogP contribution < -0.4 is 0 Å². The van der Waals surface area contributed by atoms with Crippen LogP contribution >= 0.6 is 0 Å². The lowest BCUT2D eigenvalue weighted by molar-refractivity contribution is 0.486. The van der Waals surface area contributed by atoms with E-state index in [4.69, 9.17) is 4.42 Å². The average molecular weight is 322 g/mol. The van der Waals surface area contributed by atoms with E-state index >= 15 is 0 Å². The van der Waals surface area contributed by atoms with E-state index in [1.54, 1.807) is 6.07 Å². The summed E-state index contributed by atoms with van der Waals surface area (Å²) < 4.78 is 19.0. The molecule has 1 unspecified atom stereocenters. The minimum absolute atomic E-state index is 0.355. The van der Waals surface area contributed by atoms with E-state index in [0.29, 0.717) is 17.5 Å². The fraction of sp³-hybridized carbons (Fsp3) is 0.300. The van der Waals surface area contributed by atoms with E-state index < -0.39 is 0 Å². The third kappa shape index (κ3) is 2.96. The average Bonchev–Trinajstić information content (AvgIpc) is 2.87. The van der Waals surface area contributed by atoms with Crippen LogP contribution in [0.4, 0.5) is 4.39 Å². The monoisotopic (exact) mass is 322 g/mol.